The van der Waals surface area contributed by atoms with Crippen molar-refractivity contribution >= 4 is 21.7 Å². The van der Waals surface area contributed by atoms with Gasteiger partial charge in [0.25, 0.3) is 0 Å². The van der Waals surface area contributed by atoms with E-state index in [1.54, 1.807) is 6.26 Å². The summed E-state index contributed by atoms with van der Waals surface area (Å²) in [7, 11) is 0. The fourth-order valence-electron chi connectivity index (χ4n) is 3.00. The number of nitrogens with one attached hydrogen (secondary N) is 1. The minimum atomic E-state index is 0.108. The van der Waals surface area contributed by atoms with Crippen LogP contribution in [0, 0.1) is 0 Å². The average Bonchev–Trinajstić information content (AvgIpc) is 3.26. The summed E-state index contributed by atoms with van der Waals surface area (Å²) in [6, 6.07) is 11.6. The highest BCUT2D eigenvalue weighted by Gasteiger charge is 2.25. The van der Waals surface area contributed by atoms with E-state index >= 15 is 0 Å². The van der Waals surface area contributed by atoms with Crippen molar-refractivity contribution in [1.29, 1.82) is 0 Å². The fraction of sp³-hybridized carbons (Fsp3) is 0.389. The van der Waals surface area contributed by atoms with Gasteiger partial charge in [-0.3, -0.25) is 9.69 Å². The molecule has 1 unspecified atom stereocenters. The van der Waals surface area contributed by atoms with E-state index in [0.717, 1.165) is 35.4 Å². The number of ketones is 1. The standard InChI is InChI=1S/C18H21BrN2O2/c19-15-7-5-14(6-8-15)17(22)13-20-12-16(18-4-3-11-23-18)21-9-1-2-10-21/h3-8,11,16,20H,1-2,9-10,12-13H2. The molecule has 23 heavy (non-hydrogen) atoms. The molecule has 1 aliphatic heterocycles. The summed E-state index contributed by atoms with van der Waals surface area (Å²) in [4.78, 5) is 14.7. The Morgan fingerprint density at radius 2 is 1.96 bits per heavy atom. The molecule has 4 nitrogen and oxygen atoms in total. The SMILES string of the molecule is O=C(CNCC(c1ccco1)N1CCCC1)c1ccc(Br)cc1. The van der Waals surface area contributed by atoms with E-state index in [0.29, 0.717) is 6.54 Å². The van der Waals surface area contributed by atoms with Gasteiger partial charge in [-0.25, -0.2) is 0 Å². The molecule has 122 valence electrons. The van der Waals surface area contributed by atoms with Crippen molar-refractivity contribution in [1.82, 2.24) is 10.2 Å². The van der Waals surface area contributed by atoms with Crippen LogP contribution >= 0.6 is 15.9 Å². The normalized spacial score (nSPS) is 16.6. The number of carbonyl (C=O) groups is 1. The van der Waals surface area contributed by atoms with Crippen LogP contribution in [0.25, 0.3) is 0 Å². The number of carbonyl (C=O) groups excluding carboxylic acids is 1. The van der Waals surface area contributed by atoms with E-state index in [4.69, 9.17) is 4.42 Å². The molecule has 0 spiro atoms. The van der Waals surface area contributed by atoms with Gasteiger partial charge in [0, 0.05) is 16.6 Å². The fourth-order valence-corrected chi connectivity index (χ4v) is 3.27. The molecule has 1 saturated heterocycles. The molecule has 2 aromatic rings. The van der Waals surface area contributed by atoms with Crippen molar-refractivity contribution in [3.8, 4) is 0 Å². The van der Waals surface area contributed by atoms with Crippen LogP contribution in [0.5, 0.6) is 0 Å². The molecule has 5 heteroatoms. The highest BCUT2D eigenvalue weighted by molar-refractivity contribution is 9.10. The number of nitrogens with zero attached hydrogens (tertiary/aromatic N) is 1. The lowest BCUT2D eigenvalue weighted by molar-refractivity contribution is 0.0986. The van der Waals surface area contributed by atoms with Crippen LogP contribution in [0.4, 0.5) is 0 Å². The second kappa shape index (κ2) is 7.90. The van der Waals surface area contributed by atoms with E-state index in [2.05, 4.69) is 26.1 Å². The lowest BCUT2D eigenvalue weighted by Crippen LogP contribution is -2.36. The third-order valence-electron chi connectivity index (χ3n) is 4.24. The molecule has 1 atom stereocenters. The topological polar surface area (TPSA) is 45.5 Å². The molecular formula is C18H21BrN2O2. The van der Waals surface area contributed by atoms with Crippen LogP contribution in [-0.2, 0) is 0 Å². The summed E-state index contributed by atoms with van der Waals surface area (Å²) in [5.41, 5.74) is 0.733. The van der Waals surface area contributed by atoms with Gasteiger partial charge in [-0.2, -0.15) is 0 Å². The second-order valence-corrected chi connectivity index (χ2v) is 6.75. The Labute approximate surface area is 145 Å². The first kappa shape index (κ1) is 16.4. The Morgan fingerprint density at radius 1 is 1.22 bits per heavy atom. The number of benzene rings is 1. The van der Waals surface area contributed by atoms with Crippen molar-refractivity contribution in [2.45, 2.75) is 18.9 Å². The van der Waals surface area contributed by atoms with Gasteiger partial charge in [-0.1, -0.05) is 28.1 Å². The monoisotopic (exact) mass is 376 g/mol. The van der Waals surface area contributed by atoms with Gasteiger partial charge < -0.3 is 9.73 Å². The van der Waals surface area contributed by atoms with Gasteiger partial charge in [0.15, 0.2) is 5.78 Å². The number of halogens is 1. The van der Waals surface area contributed by atoms with Crippen LogP contribution in [0.1, 0.15) is 35.0 Å². The largest absolute Gasteiger partial charge is 0.468 e. The van der Waals surface area contributed by atoms with Gasteiger partial charge in [-0.15, -0.1) is 0 Å². The van der Waals surface area contributed by atoms with Crippen molar-refractivity contribution in [2.24, 2.45) is 0 Å². The van der Waals surface area contributed by atoms with E-state index in [1.807, 2.05) is 36.4 Å². The maximum Gasteiger partial charge on any atom is 0.176 e. The second-order valence-electron chi connectivity index (χ2n) is 5.84. The maximum absolute atomic E-state index is 12.2. The summed E-state index contributed by atoms with van der Waals surface area (Å²) in [5.74, 6) is 1.08. The highest BCUT2D eigenvalue weighted by atomic mass is 79.9. The molecule has 1 aromatic heterocycles. The minimum absolute atomic E-state index is 0.108. The van der Waals surface area contributed by atoms with Gasteiger partial charge in [0.2, 0.25) is 0 Å². The molecule has 1 aromatic carbocycles. The smallest absolute Gasteiger partial charge is 0.176 e. The van der Waals surface area contributed by atoms with Gasteiger partial charge in [0.1, 0.15) is 5.76 Å². The number of furan rings is 1. The number of Topliss-reactive ketones (excluding diaryl/α,β-unsaturated/α-hetero) is 1. The Bertz CT molecular complexity index is 619. The number of rotatable bonds is 7. The van der Waals surface area contributed by atoms with Crippen LogP contribution in [-0.4, -0.2) is 36.9 Å². The predicted octanol–water partition coefficient (Wildman–Crippen LogP) is 3.65. The molecule has 0 bridgehead atoms. The van der Waals surface area contributed by atoms with Crippen molar-refractivity contribution in [2.75, 3.05) is 26.2 Å². The molecule has 0 saturated carbocycles. The van der Waals surface area contributed by atoms with Crippen LogP contribution in [0.2, 0.25) is 0 Å². The van der Waals surface area contributed by atoms with E-state index in [1.165, 1.54) is 12.8 Å². The Balaban J connectivity index is 1.56. The van der Waals surface area contributed by atoms with Gasteiger partial charge in [-0.05, 0) is 50.2 Å². The zero-order chi connectivity index (χ0) is 16.1. The van der Waals surface area contributed by atoms with E-state index in [-0.39, 0.29) is 11.8 Å². The number of hydrogen-bond acceptors (Lipinski definition) is 4. The van der Waals surface area contributed by atoms with Crippen LogP contribution < -0.4 is 5.32 Å². The molecule has 0 aliphatic carbocycles. The first-order valence-corrected chi connectivity index (χ1v) is 8.80. The van der Waals surface area contributed by atoms with Crippen molar-refractivity contribution in [3.05, 3.63) is 58.5 Å². The summed E-state index contributed by atoms with van der Waals surface area (Å²) >= 11 is 3.38. The quantitative estimate of drug-likeness (QED) is 0.749. The molecular weight excluding hydrogens is 356 g/mol. The zero-order valence-corrected chi connectivity index (χ0v) is 14.6. The van der Waals surface area contributed by atoms with Crippen LogP contribution in [0.3, 0.4) is 0 Å². The zero-order valence-electron chi connectivity index (χ0n) is 13.0. The predicted molar refractivity (Wildman–Crippen MR) is 93.6 cm³/mol. The number of hydrogen-bond donors (Lipinski definition) is 1. The summed E-state index contributed by atoms with van der Waals surface area (Å²) < 4.78 is 6.57. The first-order valence-electron chi connectivity index (χ1n) is 8.01. The third kappa shape index (κ3) is 4.31. The van der Waals surface area contributed by atoms with Gasteiger partial charge in [0.05, 0.1) is 18.8 Å². The maximum atomic E-state index is 12.2. The molecule has 1 aliphatic rings. The van der Waals surface area contributed by atoms with Crippen molar-refractivity contribution in [3.63, 3.8) is 0 Å². The molecule has 3 rings (SSSR count). The van der Waals surface area contributed by atoms with Crippen LogP contribution in [0.15, 0.2) is 51.6 Å². The minimum Gasteiger partial charge on any atom is -0.468 e. The molecule has 1 N–H and O–H groups in total. The van der Waals surface area contributed by atoms with Gasteiger partial charge >= 0.3 is 0 Å². The summed E-state index contributed by atoms with van der Waals surface area (Å²) in [6.45, 7) is 3.24. The number of likely N-dealkylation sites (tertiary alicyclic amines) is 1. The van der Waals surface area contributed by atoms with E-state index < -0.39 is 0 Å². The molecule has 1 fully saturated rings. The Kier molecular flexibility index (Phi) is 5.65. The van der Waals surface area contributed by atoms with E-state index in [9.17, 15) is 4.79 Å². The first-order chi connectivity index (χ1) is 11.2. The molecule has 0 amide bonds. The lowest BCUT2D eigenvalue weighted by Gasteiger charge is -2.26. The summed E-state index contributed by atoms with van der Waals surface area (Å²) in [5, 5.41) is 3.30. The average molecular weight is 377 g/mol. The third-order valence-corrected chi connectivity index (χ3v) is 4.77. The Hall–Kier alpha value is -1.43. The molecule has 2 heterocycles. The Morgan fingerprint density at radius 3 is 2.61 bits per heavy atom. The highest BCUT2D eigenvalue weighted by Crippen LogP contribution is 2.24. The van der Waals surface area contributed by atoms with Crippen molar-refractivity contribution < 1.29 is 9.21 Å². The summed E-state index contributed by atoms with van der Waals surface area (Å²) in [6.07, 6.45) is 4.18. The lowest BCUT2D eigenvalue weighted by atomic mass is 10.1. The molecule has 0 radical (unpaired) electrons.